The Morgan fingerprint density at radius 1 is 0.871 bits per heavy atom. The standard InChI is InChI=1S/C24H20FNO4S/c1-24(2)23(27)21(22(30-24)16-8-11-18(12-9-16)31(26,28)29)17-10-13-19(20(25)14-17)15-6-4-3-5-7-15/h3-14H,1-2H3,(H2,26,28,29). The molecule has 0 aromatic heterocycles. The summed E-state index contributed by atoms with van der Waals surface area (Å²) in [7, 11) is -3.85. The van der Waals surface area contributed by atoms with Crippen LogP contribution in [0.2, 0.25) is 0 Å². The van der Waals surface area contributed by atoms with E-state index < -0.39 is 21.4 Å². The maximum Gasteiger partial charge on any atom is 0.238 e. The third-order valence-corrected chi connectivity index (χ3v) is 6.07. The van der Waals surface area contributed by atoms with Crippen molar-refractivity contribution in [2.24, 2.45) is 5.14 Å². The number of benzene rings is 3. The number of ether oxygens (including phenoxy) is 1. The zero-order valence-corrected chi connectivity index (χ0v) is 17.7. The summed E-state index contributed by atoms with van der Waals surface area (Å²) >= 11 is 0. The van der Waals surface area contributed by atoms with Gasteiger partial charge in [0.2, 0.25) is 15.8 Å². The fourth-order valence-corrected chi connectivity index (χ4v) is 4.06. The lowest BCUT2D eigenvalue weighted by Crippen LogP contribution is -2.29. The Balaban J connectivity index is 1.83. The van der Waals surface area contributed by atoms with Crippen LogP contribution in [0.3, 0.4) is 0 Å². The Bertz CT molecular complexity index is 1310. The van der Waals surface area contributed by atoms with E-state index in [4.69, 9.17) is 9.88 Å². The average molecular weight is 437 g/mol. The van der Waals surface area contributed by atoms with Crippen molar-refractivity contribution in [2.45, 2.75) is 24.3 Å². The molecule has 0 atom stereocenters. The number of carbonyl (C=O) groups is 1. The number of carbonyl (C=O) groups excluding carboxylic acids is 1. The molecular formula is C24H20FNO4S. The summed E-state index contributed by atoms with van der Waals surface area (Å²) in [5, 5.41) is 5.16. The first kappa shape index (κ1) is 21.0. The van der Waals surface area contributed by atoms with Gasteiger partial charge in [0.05, 0.1) is 10.5 Å². The molecule has 3 aromatic rings. The molecule has 0 saturated heterocycles. The molecule has 0 amide bonds. The van der Waals surface area contributed by atoms with Gasteiger partial charge in [-0.3, -0.25) is 4.79 Å². The van der Waals surface area contributed by atoms with Crippen molar-refractivity contribution >= 4 is 27.1 Å². The van der Waals surface area contributed by atoms with E-state index in [2.05, 4.69) is 0 Å². The van der Waals surface area contributed by atoms with Crippen LogP contribution in [0, 0.1) is 5.82 Å². The zero-order chi connectivity index (χ0) is 22.4. The van der Waals surface area contributed by atoms with E-state index in [9.17, 15) is 17.6 Å². The van der Waals surface area contributed by atoms with Gasteiger partial charge in [0.1, 0.15) is 11.6 Å². The highest BCUT2D eigenvalue weighted by Gasteiger charge is 2.43. The van der Waals surface area contributed by atoms with Crippen LogP contribution in [0.25, 0.3) is 22.5 Å². The predicted molar refractivity (Wildman–Crippen MR) is 117 cm³/mol. The number of ketones is 1. The molecule has 0 radical (unpaired) electrons. The first-order valence-electron chi connectivity index (χ1n) is 9.54. The van der Waals surface area contributed by atoms with Crippen molar-refractivity contribution in [3.8, 4) is 11.1 Å². The highest BCUT2D eigenvalue weighted by atomic mass is 32.2. The van der Waals surface area contributed by atoms with Gasteiger partial charge in [0, 0.05) is 11.1 Å². The smallest absolute Gasteiger partial charge is 0.238 e. The predicted octanol–water partition coefficient (Wildman–Crippen LogP) is 4.39. The molecule has 0 bridgehead atoms. The van der Waals surface area contributed by atoms with Crippen LogP contribution >= 0.6 is 0 Å². The summed E-state index contributed by atoms with van der Waals surface area (Å²) in [5.41, 5.74) is 1.14. The van der Waals surface area contributed by atoms with Crippen molar-refractivity contribution in [1.82, 2.24) is 0 Å². The quantitative estimate of drug-likeness (QED) is 0.656. The molecule has 0 aliphatic carbocycles. The van der Waals surface area contributed by atoms with Crippen molar-refractivity contribution in [2.75, 3.05) is 0 Å². The Hall–Kier alpha value is -3.29. The second kappa shape index (κ2) is 7.44. The van der Waals surface area contributed by atoms with Gasteiger partial charge in [0.15, 0.2) is 5.60 Å². The number of Topliss-reactive ketones (excluding diaryl/α,β-unsaturated/α-hetero) is 1. The zero-order valence-electron chi connectivity index (χ0n) is 16.9. The van der Waals surface area contributed by atoms with Crippen molar-refractivity contribution in [3.05, 3.63) is 89.7 Å². The second-order valence-corrected chi connectivity index (χ2v) is 9.34. The molecule has 1 aliphatic heterocycles. The first-order valence-corrected chi connectivity index (χ1v) is 11.1. The van der Waals surface area contributed by atoms with Gasteiger partial charge in [-0.05, 0) is 55.3 Å². The largest absolute Gasteiger partial charge is 0.478 e. The molecule has 0 unspecified atom stereocenters. The number of primary sulfonamides is 1. The molecule has 0 saturated carbocycles. The minimum atomic E-state index is -3.85. The van der Waals surface area contributed by atoms with E-state index in [1.807, 2.05) is 30.3 Å². The van der Waals surface area contributed by atoms with Gasteiger partial charge in [-0.25, -0.2) is 17.9 Å². The van der Waals surface area contributed by atoms with E-state index >= 15 is 0 Å². The minimum absolute atomic E-state index is 0.0553. The van der Waals surface area contributed by atoms with Crippen LogP contribution in [-0.4, -0.2) is 19.8 Å². The summed E-state index contributed by atoms with van der Waals surface area (Å²) in [4.78, 5) is 13.0. The molecule has 1 heterocycles. The van der Waals surface area contributed by atoms with E-state index in [1.165, 1.54) is 30.3 Å². The highest BCUT2D eigenvalue weighted by Crippen LogP contribution is 2.42. The molecule has 5 nitrogen and oxygen atoms in total. The lowest BCUT2D eigenvalue weighted by molar-refractivity contribution is -0.125. The van der Waals surface area contributed by atoms with Crippen molar-refractivity contribution in [1.29, 1.82) is 0 Å². The molecule has 158 valence electrons. The van der Waals surface area contributed by atoms with Gasteiger partial charge < -0.3 is 4.74 Å². The van der Waals surface area contributed by atoms with Crippen LogP contribution in [-0.2, 0) is 19.6 Å². The Kier molecular flexibility index (Phi) is 5.03. The monoisotopic (exact) mass is 437 g/mol. The van der Waals surface area contributed by atoms with Crippen LogP contribution in [0.15, 0.2) is 77.7 Å². The van der Waals surface area contributed by atoms with Gasteiger partial charge in [-0.2, -0.15) is 0 Å². The third-order valence-electron chi connectivity index (χ3n) is 5.15. The first-order chi connectivity index (χ1) is 14.6. The van der Waals surface area contributed by atoms with Crippen molar-refractivity contribution < 1.29 is 22.3 Å². The topological polar surface area (TPSA) is 86.5 Å². The summed E-state index contributed by atoms with van der Waals surface area (Å²) in [6.45, 7) is 3.27. The maximum atomic E-state index is 15.0. The van der Waals surface area contributed by atoms with Crippen molar-refractivity contribution in [3.63, 3.8) is 0 Å². The normalized spacial score (nSPS) is 15.8. The Morgan fingerprint density at radius 3 is 2.06 bits per heavy atom. The SMILES string of the molecule is CC1(C)OC(c2ccc(S(N)(=O)=O)cc2)=C(c2ccc(-c3ccccc3)c(F)c2)C1=O. The molecule has 7 heteroatoms. The number of rotatable bonds is 4. The molecular weight excluding hydrogens is 417 g/mol. The number of nitrogens with two attached hydrogens (primary N) is 1. The minimum Gasteiger partial charge on any atom is -0.478 e. The molecule has 1 aliphatic rings. The van der Waals surface area contributed by atoms with Crippen LogP contribution < -0.4 is 5.14 Å². The highest BCUT2D eigenvalue weighted by molar-refractivity contribution is 7.89. The summed E-state index contributed by atoms with van der Waals surface area (Å²) in [6.07, 6.45) is 0. The fraction of sp³-hybridized carbons (Fsp3) is 0.125. The molecule has 0 fully saturated rings. The Labute approximate surface area is 180 Å². The fourth-order valence-electron chi connectivity index (χ4n) is 3.54. The Morgan fingerprint density at radius 2 is 1.48 bits per heavy atom. The molecule has 31 heavy (non-hydrogen) atoms. The van der Waals surface area contributed by atoms with Crippen LogP contribution in [0.4, 0.5) is 4.39 Å². The lowest BCUT2D eigenvalue weighted by atomic mass is 9.91. The van der Waals surface area contributed by atoms with E-state index in [-0.39, 0.29) is 22.0 Å². The van der Waals surface area contributed by atoms with Crippen LogP contribution in [0.1, 0.15) is 25.0 Å². The van der Waals surface area contributed by atoms with E-state index in [0.717, 1.165) is 5.56 Å². The third kappa shape index (κ3) is 3.89. The van der Waals surface area contributed by atoms with Gasteiger partial charge in [-0.1, -0.05) is 42.5 Å². The lowest BCUT2D eigenvalue weighted by Gasteiger charge is -2.17. The molecule has 4 rings (SSSR count). The van der Waals surface area contributed by atoms with E-state index in [0.29, 0.717) is 16.7 Å². The summed E-state index contributed by atoms with van der Waals surface area (Å²) in [6, 6.07) is 19.5. The van der Waals surface area contributed by atoms with E-state index in [1.54, 1.807) is 26.0 Å². The summed E-state index contributed by atoms with van der Waals surface area (Å²) in [5.74, 6) is -0.481. The number of hydrogen-bond acceptors (Lipinski definition) is 4. The second-order valence-electron chi connectivity index (χ2n) is 7.78. The number of halogens is 1. The van der Waals surface area contributed by atoms with Gasteiger partial charge >= 0.3 is 0 Å². The van der Waals surface area contributed by atoms with Gasteiger partial charge in [-0.15, -0.1) is 0 Å². The molecule has 0 spiro atoms. The number of sulfonamides is 1. The number of hydrogen-bond donors (Lipinski definition) is 1. The average Bonchev–Trinajstić information content (AvgIpc) is 2.97. The molecule has 3 aromatic carbocycles. The van der Waals surface area contributed by atoms with Crippen LogP contribution in [0.5, 0.6) is 0 Å². The van der Waals surface area contributed by atoms with Gasteiger partial charge in [0.25, 0.3) is 0 Å². The summed E-state index contributed by atoms with van der Waals surface area (Å²) < 4.78 is 44.0. The maximum absolute atomic E-state index is 15.0. The molecule has 2 N–H and O–H groups in total.